The van der Waals surface area contributed by atoms with Crippen LogP contribution >= 0.6 is 0 Å². The van der Waals surface area contributed by atoms with Gasteiger partial charge in [0.05, 0.1) is 17.1 Å². The lowest BCUT2D eigenvalue weighted by atomic mass is 10.0. The molecule has 9 nitrogen and oxygen atoms in total. The van der Waals surface area contributed by atoms with Crippen molar-refractivity contribution in [2.45, 2.75) is 18.9 Å². The maximum absolute atomic E-state index is 12.2. The van der Waals surface area contributed by atoms with E-state index in [2.05, 4.69) is 28.7 Å². The van der Waals surface area contributed by atoms with Crippen molar-refractivity contribution >= 4 is 16.8 Å². The molecule has 0 bridgehead atoms. The molecule has 0 spiro atoms. The number of hydrogen-bond donors (Lipinski definition) is 0. The lowest BCUT2D eigenvalue weighted by Gasteiger charge is -2.32. The smallest absolute Gasteiger partial charge is 0.246 e. The van der Waals surface area contributed by atoms with E-state index in [0.717, 1.165) is 23.8 Å². The number of ether oxygens (including phenoxy) is 1. The Morgan fingerprint density at radius 3 is 2.61 bits per heavy atom. The number of likely N-dealkylation sites (tertiary alicyclic amines) is 1. The summed E-state index contributed by atoms with van der Waals surface area (Å²) in [5, 5.41) is 24.7. The van der Waals surface area contributed by atoms with E-state index < -0.39 is 0 Å². The van der Waals surface area contributed by atoms with Gasteiger partial charge in [-0.2, -0.15) is 15.6 Å². The summed E-state index contributed by atoms with van der Waals surface area (Å²) in [6.45, 7) is 4.77. The zero-order chi connectivity index (χ0) is 25.1. The number of aromatic nitrogens is 4. The van der Waals surface area contributed by atoms with Gasteiger partial charge >= 0.3 is 0 Å². The Labute approximate surface area is 207 Å². The van der Waals surface area contributed by atoms with E-state index in [1.807, 2.05) is 16.8 Å². The number of hydrogen-bond acceptors (Lipinski definition) is 7. The Balaban J connectivity index is 1.52. The molecule has 4 aromatic rings. The predicted octanol–water partition coefficient (Wildman–Crippen LogP) is 4.38. The molecule has 1 atom stereocenters. The largest absolute Gasteiger partial charge is 0.456 e. The first kappa shape index (κ1) is 22.8. The zero-order valence-electron chi connectivity index (χ0n) is 19.3. The summed E-state index contributed by atoms with van der Waals surface area (Å²) in [6, 6.07) is 13.2. The van der Waals surface area contributed by atoms with E-state index in [0.29, 0.717) is 46.9 Å². The minimum atomic E-state index is -0.108. The van der Waals surface area contributed by atoms with E-state index in [-0.39, 0.29) is 11.9 Å². The monoisotopic (exact) mass is 475 g/mol. The molecule has 4 heterocycles. The van der Waals surface area contributed by atoms with Crippen LogP contribution in [0.2, 0.25) is 0 Å². The van der Waals surface area contributed by atoms with Crippen molar-refractivity contribution in [3.63, 3.8) is 0 Å². The van der Waals surface area contributed by atoms with Gasteiger partial charge < -0.3 is 9.64 Å². The molecule has 9 heteroatoms. The van der Waals surface area contributed by atoms with Crippen LogP contribution in [0.3, 0.4) is 0 Å². The number of fused-ring (bicyclic) bond motifs is 1. The van der Waals surface area contributed by atoms with Crippen LogP contribution in [0.25, 0.3) is 22.2 Å². The van der Waals surface area contributed by atoms with Gasteiger partial charge in [0.1, 0.15) is 34.9 Å². The van der Waals surface area contributed by atoms with Crippen molar-refractivity contribution < 1.29 is 9.53 Å². The van der Waals surface area contributed by atoms with Gasteiger partial charge in [0.25, 0.3) is 0 Å². The minimum absolute atomic E-state index is 0.0768. The van der Waals surface area contributed by atoms with Crippen LogP contribution in [0.1, 0.15) is 30.0 Å². The molecular formula is C27H21N7O2. The minimum Gasteiger partial charge on any atom is -0.456 e. The SMILES string of the molecule is C=CC(=O)N1CCC[C@@H](n2nc(-c3ccc(Oc4ccncc4C#N)cc3)c3cncc(C#N)c32)C1. The highest BCUT2D eigenvalue weighted by atomic mass is 16.5. The van der Waals surface area contributed by atoms with E-state index >= 15 is 0 Å². The third-order valence-electron chi connectivity index (χ3n) is 6.22. The van der Waals surface area contributed by atoms with E-state index in [4.69, 9.17) is 9.84 Å². The summed E-state index contributed by atoms with van der Waals surface area (Å²) in [7, 11) is 0. The fourth-order valence-corrected chi connectivity index (χ4v) is 4.49. The summed E-state index contributed by atoms with van der Waals surface area (Å²) in [5.41, 5.74) is 3.00. The highest BCUT2D eigenvalue weighted by Crippen LogP contribution is 2.35. The molecule has 1 amide bonds. The van der Waals surface area contributed by atoms with Crippen molar-refractivity contribution in [1.29, 1.82) is 10.5 Å². The molecule has 0 aliphatic carbocycles. The van der Waals surface area contributed by atoms with E-state index in [9.17, 15) is 15.3 Å². The summed E-state index contributed by atoms with van der Waals surface area (Å²) >= 11 is 0. The van der Waals surface area contributed by atoms with Crippen LogP contribution in [0, 0.1) is 22.7 Å². The lowest BCUT2D eigenvalue weighted by Crippen LogP contribution is -2.40. The van der Waals surface area contributed by atoms with E-state index in [1.54, 1.807) is 35.5 Å². The predicted molar refractivity (Wildman–Crippen MR) is 132 cm³/mol. The van der Waals surface area contributed by atoms with Crippen molar-refractivity contribution in [2.75, 3.05) is 13.1 Å². The Kier molecular flexibility index (Phi) is 6.12. The van der Waals surface area contributed by atoms with Gasteiger partial charge in [-0.05, 0) is 43.2 Å². The van der Waals surface area contributed by atoms with Gasteiger partial charge in [-0.15, -0.1) is 0 Å². The third kappa shape index (κ3) is 4.15. The number of rotatable bonds is 5. The molecule has 1 fully saturated rings. The van der Waals surface area contributed by atoms with Gasteiger partial charge in [0.2, 0.25) is 5.91 Å². The van der Waals surface area contributed by atoms with Crippen molar-refractivity contribution in [3.05, 3.63) is 78.9 Å². The normalized spacial score (nSPS) is 15.2. The molecule has 1 aliphatic heterocycles. The quantitative estimate of drug-likeness (QED) is 0.393. The van der Waals surface area contributed by atoms with Gasteiger partial charge in [-0.3, -0.25) is 19.4 Å². The first-order valence-electron chi connectivity index (χ1n) is 11.4. The van der Waals surface area contributed by atoms with Crippen LogP contribution in [-0.2, 0) is 4.79 Å². The number of nitrogens with zero attached hydrogens (tertiary/aromatic N) is 7. The number of carbonyl (C=O) groups excluding carboxylic acids is 1. The molecule has 0 saturated carbocycles. The van der Waals surface area contributed by atoms with Crippen LogP contribution in [0.5, 0.6) is 11.5 Å². The molecule has 0 radical (unpaired) electrons. The fourth-order valence-electron chi connectivity index (χ4n) is 4.49. The topological polar surface area (TPSA) is 121 Å². The van der Waals surface area contributed by atoms with Crippen LogP contribution in [0.15, 0.2) is 67.8 Å². The first-order valence-corrected chi connectivity index (χ1v) is 11.4. The molecule has 5 rings (SSSR count). The van der Waals surface area contributed by atoms with Crippen LogP contribution < -0.4 is 4.74 Å². The second kappa shape index (κ2) is 9.69. The highest BCUT2D eigenvalue weighted by Gasteiger charge is 2.27. The van der Waals surface area contributed by atoms with Gasteiger partial charge in [-0.25, -0.2) is 0 Å². The zero-order valence-corrected chi connectivity index (χ0v) is 19.3. The van der Waals surface area contributed by atoms with Gasteiger partial charge in [0, 0.05) is 54.9 Å². The number of carbonyl (C=O) groups is 1. The van der Waals surface area contributed by atoms with Crippen LogP contribution in [0.4, 0.5) is 0 Å². The Morgan fingerprint density at radius 1 is 1.08 bits per heavy atom. The van der Waals surface area contributed by atoms with Crippen LogP contribution in [-0.4, -0.2) is 43.6 Å². The Morgan fingerprint density at radius 2 is 1.86 bits per heavy atom. The molecule has 1 aliphatic rings. The van der Waals surface area contributed by atoms with Crippen molar-refractivity contribution in [2.24, 2.45) is 0 Å². The molecular weight excluding hydrogens is 454 g/mol. The van der Waals surface area contributed by atoms with Gasteiger partial charge in [0.15, 0.2) is 0 Å². The summed E-state index contributed by atoms with van der Waals surface area (Å²) in [6.07, 6.45) is 9.28. The average molecular weight is 476 g/mol. The fraction of sp³-hybridized carbons (Fsp3) is 0.185. The summed E-state index contributed by atoms with van der Waals surface area (Å²) in [4.78, 5) is 22.2. The lowest BCUT2D eigenvalue weighted by molar-refractivity contribution is -0.127. The maximum atomic E-state index is 12.2. The first-order chi connectivity index (χ1) is 17.6. The second-order valence-corrected chi connectivity index (χ2v) is 8.38. The van der Waals surface area contributed by atoms with Crippen molar-refractivity contribution in [3.8, 4) is 34.9 Å². The average Bonchev–Trinajstić information content (AvgIpc) is 3.33. The standard InChI is InChI=1S/C27H21N7O2/c1-2-25(35)33-11-3-4-21(17-33)34-27-20(13-29)15-31-16-23(27)26(32-34)18-5-7-22(8-6-18)36-24-9-10-30-14-19(24)12-28/h2,5-10,14-16,21H,1,3-4,11,17H2/t21-/m1/s1. The number of pyridine rings is 2. The molecule has 176 valence electrons. The summed E-state index contributed by atoms with van der Waals surface area (Å²) < 4.78 is 7.74. The molecule has 1 saturated heterocycles. The number of amides is 1. The molecule has 36 heavy (non-hydrogen) atoms. The van der Waals surface area contributed by atoms with Gasteiger partial charge in [-0.1, -0.05) is 6.58 Å². The second-order valence-electron chi connectivity index (χ2n) is 8.38. The maximum Gasteiger partial charge on any atom is 0.246 e. The molecule has 0 unspecified atom stereocenters. The molecule has 1 aromatic carbocycles. The highest BCUT2D eigenvalue weighted by molar-refractivity contribution is 5.95. The third-order valence-corrected chi connectivity index (χ3v) is 6.22. The number of piperidine rings is 1. The summed E-state index contributed by atoms with van der Waals surface area (Å²) in [5.74, 6) is 0.878. The Bertz CT molecular complexity index is 1540. The Hall–Kier alpha value is -5.02. The number of benzene rings is 1. The molecule has 0 N–H and O–H groups in total. The van der Waals surface area contributed by atoms with Crippen molar-refractivity contribution in [1.82, 2.24) is 24.6 Å². The number of nitriles is 2. The van der Waals surface area contributed by atoms with E-state index in [1.165, 1.54) is 18.5 Å². The molecule has 3 aromatic heterocycles.